The summed E-state index contributed by atoms with van der Waals surface area (Å²) in [5.41, 5.74) is 0.287. The average Bonchev–Trinajstić information content (AvgIpc) is 3.10. The molecule has 2 heterocycles. The van der Waals surface area contributed by atoms with Crippen LogP contribution in [0.4, 0.5) is 13.9 Å². The number of benzene rings is 1. The van der Waals surface area contributed by atoms with E-state index in [4.69, 9.17) is 23.2 Å². The summed E-state index contributed by atoms with van der Waals surface area (Å²) in [5.74, 6) is -1.84. The lowest BCUT2D eigenvalue weighted by molar-refractivity contribution is 0.0986. The molecule has 1 aromatic carbocycles. The van der Waals surface area contributed by atoms with Crippen molar-refractivity contribution in [3.63, 3.8) is 0 Å². The minimum absolute atomic E-state index is 0.0310. The first-order chi connectivity index (χ1) is 12.3. The lowest BCUT2D eigenvalue weighted by Crippen LogP contribution is -2.36. The smallest absolute Gasteiger partial charge is 0.262 e. The van der Waals surface area contributed by atoms with E-state index in [-0.39, 0.29) is 26.5 Å². The zero-order chi connectivity index (χ0) is 19.0. The minimum Gasteiger partial charge on any atom is -0.308 e. The first kappa shape index (κ1) is 19.4. The number of thiazole rings is 1. The van der Waals surface area contributed by atoms with E-state index < -0.39 is 11.6 Å². The molecule has 0 radical (unpaired) electrons. The lowest BCUT2D eigenvalue weighted by atomic mass is 10.3. The van der Waals surface area contributed by atoms with Crippen LogP contribution in [-0.4, -0.2) is 43.0 Å². The summed E-state index contributed by atoms with van der Waals surface area (Å²) < 4.78 is 28.4. The van der Waals surface area contributed by atoms with Gasteiger partial charge in [0, 0.05) is 19.2 Å². The van der Waals surface area contributed by atoms with Gasteiger partial charge in [0.2, 0.25) is 0 Å². The Labute approximate surface area is 166 Å². The van der Waals surface area contributed by atoms with Crippen molar-refractivity contribution in [3.8, 4) is 0 Å². The molecule has 0 saturated heterocycles. The largest absolute Gasteiger partial charge is 0.308 e. The molecule has 3 aromatic rings. The predicted molar refractivity (Wildman–Crippen MR) is 104 cm³/mol. The van der Waals surface area contributed by atoms with Crippen molar-refractivity contribution < 1.29 is 13.6 Å². The number of rotatable bonds is 5. The average molecular weight is 436 g/mol. The van der Waals surface area contributed by atoms with Gasteiger partial charge in [0.25, 0.3) is 5.91 Å². The zero-order valence-electron chi connectivity index (χ0n) is 13.7. The molecule has 138 valence electrons. The van der Waals surface area contributed by atoms with E-state index in [2.05, 4.69) is 4.98 Å². The Hall–Kier alpha value is -1.32. The monoisotopic (exact) mass is 435 g/mol. The number of likely N-dealkylation sites (N-methyl/N-ethyl adjacent to an activating group) is 1. The Morgan fingerprint density at radius 3 is 2.50 bits per heavy atom. The summed E-state index contributed by atoms with van der Waals surface area (Å²) in [6.45, 7) is 0.855. The normalized spacial score (nSPS) is 11.5. The summed E-state index contributed by atoms with van der Waals surface area (Å²) in [6.07, 6.45) is 0. The van der Waals surface area contributed by atoms with Gasteiger partial charge < -0.3 is 4.90 Å². The molecule has 1 amide bonds. The van der Waals surface area contributed by atoms with Gasteiger partial charge in [-0.15, -0.1) is 11.3 Å². The molecule has 10 heteroatoms. The Morgan fingerprint density at radius 1 is 1.15 bits per heavy atom. The quantitative estimate of drug-likeness (QED) is 0.555. The molecular weight excluding hydrogens is 423 g/mol. The molecule has 0 aliphatic carbocycles. The van der Waals surface area contributed by atoms with Crippen LogP contribution in [0, 0.1) is 11.6 Å². The molecule has 3 rings (SSSR count). The van der Waals surface area contributed by atoms with Gasteiger partial charge in [-0.2, -0.15) is 0 Å². The van der Waals surface area contributed by atoms with Crippen LogP contribution in [0.1, 0.15) is 10.4 Å². The van der Waals surface area contributed by atoms with Gasteiger partial charge in [0.1, 0.15) is 15.7 Å². The highest BCUT2D eigenvalue weighted by atomic mass is 35.5. The Kier molecular flexibility index (Phi) is 5.78. The van der Waals surface area contributed by atoms with E-state index in [0.29, 0.717) is 22.1 Å². The number of thiophene rings is 1. The first-order valence-electron chi connectivity index (χ1n) is 7.43. The number of anilines is 1. The fourth-order valence-electron chi connectivity index (χ4n) is 2.28. The standard InChI is InChI=1S/C16H13Cl2F2N3OS2/c1-22(2)3-4-23(15(24)9-7-12(17)26-14(9)18)16-21-13-10(20)5-8(19)6-11(13)25-16/h5-7H,3-4H2,1-2H3. The number of amides is 1. The lowest BCUT2D eigenvalue weighted by Gasteiger charge is -2.21. The molecule has 0 unspecified atom stereocenters. The van der Waals surface area contributed by atoms with Crippen molar-refractivity contribution in [2.75, 3.05) is 32.1 Å². The topological polar surface area (TPSA) is 36.4 Å². The predicted octanol–water partition coefficient (Wildman–Crippen LogP) is 5.15. The van der Waals surface area contributed by atoms with Crippen LogP contribution in [0.2, 0.25) is 8.67 Å². The van der Waals surface area contributed by atoms with Gasteiger partial charge in [-0.25, -0.2) is 13.8 Å². The Bertz CT molecular complexity index is 974. The Morgan fingerprint density at radius 2 is 1.88 bits per heavy atom. The van der Waals surface area contributed by atoms with Crippen molar-refractivity contribution in [1.82, 2.24) is 9.88 Å². The van der Waals surface area contributed by atoms with E-state index in [0.717, 1.165) is 28.7 Å². The van der Waals surface area contributed by atoms with Crippen molar-refractivity contribution in [3.05, 3.63) is 44.1 Å². The third-order valence-corrected chi connectivity index (χ3v) is 6.05. The van der Waals surface area contributed by atoms with Crippen LogP contribution in [0.3, 0.4) is 0 Å². The molecule has 0 saturated carbocycles. The molecule has 0 fully saturated rings. The third-order valence-electron chi connectivity index (χ3n) is 3.54. The minimum atomic E-state index is -0.765. The van der Waals surface area contributed by atoms with E-state index in [9.17, 15) is 13.6 Å². The number of nitrogens with zero attached hydrogens (tertiary/aromatic N) is 3. The van der Waals surface area contributed by atoms with E-state index >= 15 is 0 Å². The molecule has 0 aliphatic heterocycles. The van der Waals surface area contributed by atoms with Crippen molar-refractivity contribution in [2.45, 2.75) is 0 Å². The molecule has 4 nitrogen and oxygen atoms in total. The first-order valence-corrected chi connectivity index (χ1v) is 9.82. The maximum atomic E-state index is 14.0. The fourth-order valence-corrected chi connectivity index (χ4v) is 4.75. The second-order valence-electron chi connectivity index (χ2n) is 5.73. The molecular formula is C16H13Cl2F2N3OS2. The Balaban J connectivity index is 2.04. The second kappa shape index (κ2) is 7.74. The number of fused-ring (bicyclic) bond motifs is 1. The number of halogens is 4. The summed E-state index contributed by atoms with van der Waals surface area (Å²) in [4.78, 5) is 20.5. The molecule has 0 spiro atoms. The van der Waals surface area contributed by atoms with Crippen LogP contribution < -0.4 is 4.90 Å². The SMILES string of the molecule is CN(C)CCN(C(=O)c1cc(Cl)sc1Cl)c1nc2c(F)cc(F)cc2s1. The highest BCUT2D eigenvalue weighted by Gasteiger charge is 2.25. The second-order valence-corrected chi connectivity index (χ2v) is 9.02. The zero-order valence-corrected chi connectivity index (χ0v) is 16.9. The summed E-state index contributed by atoms with van der Waals surface area (Å²) in [6, 6.07) is 3.46. The van der Waals surface area contributed by atoms with Gasteiger partial charge in [-0.1, -0.05) is 34.5 Å². The number of carbonyl (C=O) groups is 1. The fraction of sp³-hybridized carbons (Fsp3) is 0.250. The maximum absolute atomic E-state index is 14.0. The summed E-state index contributed by atoms with van der Waals surface area (Å²) >= 11 is 14.2. The molecule has 0 bridgehead atoms. The number of carbonyl (C=O) groups excluding carboxylic acids is 1. The number of hydrogen-bond acceptors (Lipinski definition) is 5. The number of aromatic nitrogens is 1. The van der Waals surface area contributed by atoms with Gasteiger partial charge in [-0.05, 0) is 26.2 Å². The highest BCUT2D eigenvalue weighted by Crippen LogP contribution is 2.35. The summed E-state index contributed by atoms with van der Waals surface area (Å²) in [5, 5.41) is 0.273. The van der Waals surface area contributed by atoms with Gasteiger partial charge in [0.15, 0.2) is 10.9 Å². The van der Waals surface area contributed by atoms with Crippen LogP contribution in [0.15, 0.2) is 18.2 Å². The van der Waals surface area contributed by atoms with Crippen LogP contribution in [0.25, 0.3) is 10.2 Å². The highest BCUT2D eigenvalue weighted by molar-refractivity contribution is 7.22. The van der Waals surface area contributed by atoms with Crippen molar-refractivity contribution in [1.29, 1.82) is 0 Å². The van der Waals surface area contributed by atoms with Gasteiger partial charge in [0.05, 0.1) is 14.6 Å². The van der Waals surface area contributed by atoms with E-state index in [1.165, 1.54) is 17.0 Å². The third kappa shape index (κ3) is 3.99. The summed E-state index contributed by atoms with van der Waals surface area (Å²) in [7, 11) is 3.73. The van der Waals surface area contributed by atoms with E-state index in [1.54, 1.807) is 0 Å². The van der Waals surface area contributed by atoms with Gasteiger partial charge in [-0.3, -0.25) is 9.69 Å². The van der Waals surface area contributed by atoms with E-state index in [1.807, 2.05) is 19.0 Å². The van der Waals surface area contributed by atoms with Crippen molar-refractivity contribution in [2.24, 2.45) is 0 Å². The van der Waals surface area contributed by atoms with Crippen LogP contribution in [-0.2, 0) is 0 Å². The maximum Gasteiger partial charge on any atom is 0.262 e. The number of hydrogen-bond donors (Lipinski definition) is 0. The van der Waals surface area contributed by atoms with Crippen LogP contribution >= 0.6 is 45.9 Å². The molecule has 0 aliphatic rings. The molecule has 2 aromatic heterocycles. The molecule has 0 atom stereocenters. The molecule has 26 heavy (non-hydrogen) atoms. The van der Waals surface area contributed by atoms with Gasteiger partial charge >= 0.3 is 0 Å². The van der Waals surface area contributed by atoms with Crippen molar-refractivity contribution >= 4 is 67.1 Å². The van der Waals surface area contributed by atoms with Crippen LogP contribution in [0.5, 0.6) is 0 Å². The molecule has 0 N–H and O–H groups in total.